The number of hydrogen-bond acceptors (Lipinski definition) is 4. The van der Waals surface area contributed by atoms with E-state index in [2.05, 4.69) is 16.0 Å². The Morgan fingerprint density at radius 1 is 1.07 bits per heavy atom. The van der Waals surface area contributed by atoms with Gasteiger partial charge in [-0.05, 0) is 49.4 Å². The van der Waals surface area contributed by atoms with E-state index >= 15 is 0 Å². The molecule has 7 heteroatoms. The Morgan fingerprint density at radius 2 is 1.78 bits per heavy atom. The predicted molar refractivity (Wildman–Crippen MR) is 109 cm³/mol. The Kier molecular flexibility index (Phi) is 8.29. The molecule has 0 heterocycles. The van der Waals surface area contributed by atoms with Gasteiger partial charge in [0.1, 0.15) is 5.82 Å². The molecule has 0 radical (unpaired) electrons. The van der Waals surface area contributed by atoms with E-state index in [9.17, 15) is 14.0 Å². The lowest BCUT2D eigenvalue weighted by Crippen LogP contribution is -2.26. The van der Waals surface area contributed by atoms with E-state index < -0.39 is 5.25 Å². The summed E-state index contributed by atoms with van der Waals surface area (Å²) in [5, 5.41) is 8.45. The lowest BCUT2D eigenvalue weighted by Gasteiger charge is -2.15. The fourth-order valence-corrected chi connectivity index (χ4v) is 2.98. The summed E-state index contributed by atoms with van der Waals surface area (Å²) < 4.78 is 12.9. The first kappa shape index (κ1) is 20.9. The van der Waals surface area contributed by atoms with Gasteiger partial charge in [-0.2, -0.15) is 0 Å². The quantitative estimate of drug-likeness (QED) is 0.612. The van der Waals surface area contributed by atoms with Gasteiger partial charge in [0, 0.05) is 17.9 Å². The molecule has 0 aliphatic rings. The third-order valence-corrected chi connectivity index (χ3v) is 4.95. The molecule has 2 rings (SSSR count). The molecule has 2 aromatic rings. The van der Waals surface area contributed by atoms with E-state index in [0.29, 0.717) is 12.2 Å². The Labute approximate surface area is 163 Å². The molecule has 0 fully saturated rings. The summed E-state index contributed by atoms with van der Waals surface area (Å²) in [6.45, 7) is 5.31. The minimum Gasteiger partial charge on any atom is -0.325 e. The lowest BCUT2D eigenvalue weighted by molar-refractivity contribution is -0.115. The Balaban J connectivity index is 1.83. The molecule has 0 saturated carbocycles. The van der Waals surface area contributed by atoms with Crippen LogP contribution in [0.5, 0.6) is 0 Å². The summed E-state index contributed by atoms with van der Waals surface area (Å²) in [4.78, 5) is 24.4. The van der Waals surface area contributed by atoms with Crippen LogP contribution in [0.15, 0.2) is 48.5 Å². The first-order valence-corrected chi connectivity index (χ1v) is 9.81. The molecule has 0 spiro atoms. The number of nitrogens with one attached hydrogen (secondary N) is 3. The minimum absolute atomic E-state index is 0.130. The second-order valence-corrected chi connectivity index (χ2v) is 7.26. The predicted octanol–water partition coefficient (Wildman–Crippen LogP) is 3.63. The van der Waals surface area contributed by atoms with E-state index in [0.717, 1.165) is 17.8 Å². The van der Waals surface area contributed by atoms with Gasteiger partial charge in [-0.25, -0.2) is 4.39 Å². The van der Waals surface area contributed by atoms with Gasteiger partial charge >= 0.3 is 0 Å². The highest BCUT2D eigenvalue weighted by Crippen LogP contribution is 2.18. The zero-order chi connectivity index (χ0) is 19.6. The Bertz CT molecular complexity index is 768. The van der Waals surface area contributed by atoms with Crippen molar-refractivity contribution in [2.75, 3.05) is 22.9 Å². The van der Waals surface area contributed by atoms with Crippen LogP contribution in [0.1, 0.15) is 19.4 Å². The van der Waals surface area contributed by atoms with Crippen LogP contribution < -0.4 is 16.0 Å². The summed E-state index contributed by atoms with van der Waals surface area (Å²) >= 11 is 1.24. The van der Waals surface area contributed by atoms with Crippen LogP contribution in [0, 0.1) is 5.82 Å². The number of halogens is 1. The van der Waals surface area contributed by atoms with Gasteiger partial charge in [-0.15, -0.1) is 11.8 Å². The lowest BCUT2D eigenvalue weighted by atomic mass is 10.1. The standard InChI is InChI=1S/C20H24FN3O2S/c1-3-22-12-15-6-4-5-7-18(15)24-20(26)14(2)27-13-19(25)23-17-10-8-16(21)9-11-17/h4-11,14,22H,3,12-13H2,1-2H3,(H,23,25)(H,24,26). The van der Waals surface area contributed by atoms with Crippen LogP contribution in [0.3, 0.4) is 0 Å². The maximum atomic E-state index is 12.9. The van der Waals surface area contributed by atoms with Crippen molar-refractivity contribution >= 4 is 35.0 Å². The van der Waals surface area contributed by atoms with Gasteiger partial charge in [-0.1, -0.05) is 25.1 Å². The van der Waals surface area contributed by atoms with E-state index in [1.54, 1.807) is 6.92 Å². The van der Waals surface area contributed by atoms with Crippen molar-refractivity contribution < 1.29 is 14.0 Å². The number of thioether (sulfide) groups is 1. The zero-order valence-corrected chi connectivity index (χ0v) is 16.2. The fraction of sp³-hybridized carbons (Fsp3) is 0.300. The first-order valence-electron chi connectivity index (χ1n) is 8.76. The normalized spacial score (nSPS) is 11.7. The molecular formula is C20H24FN3O2S. The second-order valence-electron chi connectivity index (χ2n) is 5.94. The van der Waals surface area contributed by atoms with Crippen molar-refractivity contribution in [3.63, 3.8) is 0 Å². The molecule has 2 amide bonds. The van der Waals surface area contributed by atoms with Gasteiger partial charge in [0.25, 0.3) is 0 Å². The minimum atomic E-state index is -0.392. The van der Waals surface area contributed by atoms with Crippen LogP contribution >= 0.6 is 11.8 Å². The molecule has 144 valence electrons. The molecule has 0 aromatic heterocycles. The van der Waals surface area contributed by atoms with Crippen molar-refractivity contribution in [2.24, 2.45) is 0 Å². The number of carbonyl (C=O) groups is 2. The number of benzene rings is 2. The Hall–Kier alpha value is -2.38. The number of hydrogen-bond donors (Lipinski definition) is 3. The molecule has 1 unspecified atom stereocenters. The van der Waals surface area contributed by atoms with Crippen molar-refractivity contribution in [1.82, 2.24) is 5.32 Å². The maximum Gasteiger partial charge on any atom is 0.237 e. The van der Waals surface area contributed by atoms with E-state index in [1.165, 1.54) is 36.0 Å². The SMILES string of the molecule is CCNCc1ccccc1NC(=O)C(C)SCC(=O)Nc1ccc(F)cc1. The molecule has 2 aromatic carbocycles. The first-order chi connectivity index (χ1) is 13.0. The van der Waals surface area contributed by atoms with Gasteiger partial charge in [-0.3, -0.25) is 9.59 Å². The highest BCUT2D eigenvalue weighted by Gasteiger charge is 2.16. The van der Waals surface area contributed by atoms with Crippen LogP contribution in [-0.4, -0.2) is 29.4 Å². The average Bonchev–Trinajstić information content (AvgIpc) is 2.67. The number of carbonyl (C=O) groups excluding carboxylic acids is 2. The third kappa shape index (κ3) is 7.03. The van der Waals surface area contributed by atoms with Gasteiger partial charge in [0.2, 0.25) is 11.8 Å². The Morgan fingerprint density at radius 3 is 2.48 bits per heavy atom. The summed E-state index contributed by atoms with van der Waals surface area (Å²) in [5.74, 6) is -0.621. The molecule has 0 saturated heterocycles. The van der Waals surface area contributed by atoms with Crippen LogP contribution in [0.2, 0.25) is 0 Å². The third-order valence-electron chi connectivity index (χ3n) is 3.80. The van der Waals surface area contributed by atoms with E-state index in [4.69, 9.17) is 0 Å². The summed E-state index contributed by atoms with van der Waals surface area (Å²) in [6.07, 6.45) is 0. The van der Waals surface area contributed by atoms with Crippen molar-refractivity contribution in [2.45, 2.75) is 25.6 Å². The van der Waals surface area contributed by atoms with E-state index in [-0.39, 0.29) is 23.4 Å². The molecule has 0 bridgehead atoms. The summed E-state index contributed by atoms with van der Waals surface area (Å²) in [7, 11) is 0. The molecule has 0 aliphatic carbocycles. The zero-order valence-electron chi connectivity index (χ0n) is 15.4. The van der Waals surface area contributed by atoms with E-state index in [1.807, 2.05) is 31.2 Å². The topological polar surface area (TPSA) is 70.2 Å². The molecule has 5 nitrogen and oxygen atoms in total. The highest BCUT2D eigenvalue weighted by atomic mass is 32.2. The monoisotopic (exact) mass is 389 g/mol. The fourth-order valence-electron chi connectivity index (χ4n) is 2.30. The van der Waals surface area contributed by atoms with Crippen molar-refractivity contribution in [3.05, 3.63) is 59.9 Å². The second kappa shape index (κ2) is 10.7. The van der Waals surface area contributed by atoms with Crippen molar-refractivity contribution in [3.8, 4) is 0 Å². The summed E-state index contributed by atoms with van der Waals surface area (Å²) in [5.41, 5.74) is 2.31. The van der Waals surface area contributed by atoms with Crippen LogP contribution in [0.4, 0.5) is 15.8 Å². The number of rotatable bonds is 9. The average molecular weight is 389 g/mol. The number of amides is 2. The van der Waals surface area contributed by atoms with Gasteiger partial charge in [0.05, 0.1) is 11.0 Å². The maximum absolute atomic E-state index is 12.9. The molecular weight excluding hydrogens is 365 g/mol. The van der Waals surface area contributed by atoms with Crippen LogP contribution in [0.25, 0.3) is 0 Å². The molecule has 0 aliphatic heterocycles. The van der Waals surface area contributed by atoms with Gasteiger partial charge in [0.15, 0.2) is 0 Å². The molecule has 27 heavy (non-hydrogen) atoms. The van der Waals surface area contributed by atoms with Crippen LogP contribution in [-0.2, 0) is 16.1 Å². The highest BCUT2D eigenvalue weighted by molar-refractivity contribution is 8.01. The number of anilines is 2. The smallest absolute Gasteiger partial charge is 0.237 e. The largest absolute Gasteiger partial charge is 0.325 e. The number of para-hydroxylation sites is 1. The molecule has 1 atom stereocenters. The van der Waals surface area contributed by atoms with Crippen molar-refractivity contribution in [1.29, 1.82) is 0 Å². The summed E-state index contributed by atoms with van der Waals surface area (Å²) in [6, 6.07) is 13.2. The van der Waals surface area contributed by atoms with Gasteiger partial charge < -0.3 is 16.0 Å². The molecule has 3 N–H and O–H groups in total.